The number of carbonyl (C=O) groups excluding carboxylic acids is 1. The minimum atomic E-state index is -0.477. The van der Waals surface area contributed by atoms with Crippen LogP contribution in [0.25, 0.3) is 16.1 Å². The van der Waals surface area contributed by atoms with Gasteiger partial charge in [0.15, 0.2) is 0 Å². The van der Waals surface area contributed by atoms with E-state index in [2.05, 4.69) is 4.98 Å². The quantitative estimate of drug-likeness (QED) is 0.684. The topological polar surface area (TPSA) is 59.4 Å². The number of hydrogen-bond donors (Lipinski definition) is 1. The molecule has 1 spiro atoms. The van der Waals surface area contributed by atoms with Crippen LogP contribution in [0.1, 0.15) is 42.7 Å². The van der Waals surface area contributed by atoms with Gasteiger partial charge >= 0.3 is 5.97 Å². The molecule has 2 aliphatic rings. The minimum absolute atomic E-state index is 0.171. The van der Waals surface area contributed by atoms with Crippen molar-refractivity contribution >= 4 is 34.5 Å². The van der Waals surface area contributed by atoms with Crippen LogP contribution < -0.4 is 0 Å². The van der Waals surface area contributed by atoms with Gasteiger partial charge in [0.05, 0.1) is 11.1 Å². The summed E-state index contributed by atoms with van der Waals surface area (Å²) in [6.45, 7) is 2.19. The molecule has 136 valence electrons. The van der Waals surface area contributed by atoms with E-state index in [1.54, 1.807) is 0 Å². The van der Waals surface area contributed by atoms with Crippen molar-refractivity contribution in [1.82, 2.24) is 4.98 Å². The Hall–Kier alpha value is -1.85. The van der Waals surface area contributed by atoms with Gasteiger partial charge in [-0.05, 0) is 31.9 Å². The number of aromatic nitrogens is 1. The van der Waals surface area contributed by atoms with Gasteiger partial charge in [-0.25, -0.2) is 9.78 Å². The molecule has 6 heteroatoms. The summed E-state index contributed by atoms with van der Waals surface area (Å²) in [6, 6.07) is 7.44. The largest absolute Gasteiger partial charge is 0.511 e. The Morgan fingerprint density at radius 3 is 2.58 bits per heavy atom. The SMILES string of the molecule is Cc1sc(-c2ccc(Cl)cc2)nc1C1=C(O)C2(CCCCC2)COC1=O. The van der Waals surface area contributed by atoms with Crippen LogP contribution in [0.5, 0.6) is 0 Å². The zero-order chi connectivity index (χ0) is 18.3. The Kier molecular flexibility index (Phi) is 4.53. The molecule has 0 unspecified atom stereocenters. The molecule has 0 amide bonds. The highest BCUT2D eigenvalue weighted by Gasteiger charge is 2.45. The van der Waals surface area contributed by atoms with E-state index in [1.165, 1.54) is 11.3 Å². The third kappa shape index (κ3) is 2.93. The van der Waals surface area contributed by atoms with Crippen LogP contribution >= 0.6 is 22.9 Å². The second kappa shape index (κ2) is 6.71. The maximum atomic E-state index is 12.5. The van der Waals surface area contributed by atoms with Crippen molar-refractivity contribution in [3.8, 4) is 10.6 Å². The van der Waals surface area contributed by atoms with Gasteiger partial charge in [0.2, 0.25) is 0 Å². The van der Waals surface area contributed by atoms with Crippen molar-refractivity contribution in [2.75, 3.05) is 6.61 Å². The van der Waals surface area contributed by atoms with Crippen LogP contribution in [0.15, 0.2) is 30.0 Å². The van der Waals surface area contributed by atoms with Crippen molar-refractivity contribution in [2.24, 2.45) is 5.41 Å². The second-order valence-electron chi connectivity index (χ2n) is 7.07. The van der Waals surface area contributed by atoms with E-state index >= 15 is 0 Å². The number of esters is 1. The second-order valence-corrected chi connectivity index (χ2v) is 8.71. The number of thiazole rings is 1. The lowest BCUT2D eigenvalue weighted by Gasteiger charge is -2.39. The average Bonchev–Trinajstić information content (AvgIpc) is 3.02. The lowest BCUT2D eigenvalue weighted by atomic mass is 9.71. The van der Waals surface area contributed by atoms with Gasteiger partial charge in [0.25, 0.3) is 0 Å². The Labute approximate surface area is 161 Å². The maximum absolute atomic E-state index is 12.5. The number of aliphatic hydroxyl groups is 1. The van der Waals surface area contributed by atoms with Gasteiger partial charge in [-0.3, -0.25) is 0 Å². The summed E-state index contributed by atoms with van der Waals surface area (Å²) >= 11 is 7.46. The summed E-state index contributed by atoms with van der Waals surface area (Å²) in [6.07, 6.45) is 4.95. The molecular formula is C20H20ClNO3S. The molecule has 0 saturated heterocycles. The first-order valence-electron chi connectivity index (χ1n) is 8.85. The van der Waals surface area contributed by atoms with E-state index in [0.29, 0.717) is 10.7 Å². The number of ether oxygens (including phenoxy) is 1. The number of aliphatic hydroxyl groups excluding tert-OH is 1. The van der Waals surface area contributed by atoms with E-state index in [0.717, 1.165) is 47.6 Å². The molecule has 4 rings (SSSR count). The fourth-order valence-electron chi connectivity index (χ4n) is 3.87. The first-order chi connectivity index (χ1) is 12.5. The van der Waals surface area contributed by atoms with Gasteiger partial charge in [0.1, 0.15) is 22.9 Å². The highest BCUT2D eigenvalue weighted by Crippen LogP contribution is 2.47. The standard InChI is InChI=1S/C20H20ClNO3S/c1-12-16(22-18(26-12)13-5-7-14(21)8-6-13)15-17(23)20(11-25-19(15)24)9-3-2-4-10-20/h5-8,23H,2-4,9-11H2,1H3. The summed E-state index contributed by atoms with van der Waals surface area (Å²) in [4.78, 5) is 18.0. The molecule has 1 aromatic heterocycles. The molecule has 1 fully saturated rings. The molecular weight excluding hydrogens is 370 g/mol. The van der Waals surface area contributed by atoms with E-state index in [9.17, 15) is 9.90 Å². The van der Waals surface area contributed by atoms with Gasteiger partial charge in [0, 0.05) is 15.5 Å². The Balaban J connectivity index is 1.79. The van der Waals surface area contributed by atoms with Crippen LogP contribution in [0, 0.1) is 12.3 Å². The number of carbonyl (C=O) groups is 1. The van der Waals surface area contributed by atoms with E-state index < -0.39 is 11.4 Å². The Bertz CT molecular complexity index is 879. The van der Waals surface area contributed by atoms with Crippen LogP contribution in [-0.4, -0.2) is 22.7 Å². The van der Waals surface area contributed by atoms with Gasteiger partial charge in [-0.1, -0.05) is 43.0 Å². The predicted octanol–water partition coefficient (Wildman–Crippen LogP) is 5.55. The lowest BCUT2D eigenvalue weighted by molar-refractivity contribution is -0.143. The number of nitrogens with zero attached hydrogens (tertiary/aromatic N) is 1. The fourth-order valence-corrected chi connectivity index (χ4v) is 4.92. The van der Waals surface area contributed by atoms with Gasteiger partial charge in [-0.15, -0.1) is 11.3 Å². The molecule has 1 N–H and O–H groups in total. The number of cyclic esters (lactones) is 1. The number of benzene rings is 1. The van der Waals surface area contributed by atoms with Crippen LogP contribution in [0.3, 0.4) is 0 Å². The van der Waals surface area contributed by atoms with Crippen LogP contribution in [0.2, 0.25) is 5.02 Å². The van der Waals surface area contributed by atoms with Gasteiger partial charge in [-0.2, -0.15) is 0 Å². The smallest absolute Gasteiger partial charge is 0.343 e. The summed E-state index contributed by atoms with van der Waals surface area (Å²) < 4.78 is 5.48. The first-order valence-corrected chi connectivity index (χ1v) is 10.0. The first kappa shape index (κ1) is 17.6. The average molecular weight is 390 g/mol. The fraction of sp³-hybridized carbons (Fsp3) is 0.400. The van der Waals surface area contributed by atoms with Crippen molar-refractivity contribution in [3.63, 3.8) is 0 Å². The van der Waals surface area contributed by atoms with Crippen LogP contribution in [-0.2, 0) is 9.53 Å². The molecule has 1 saturated carbocycles. The van der Waals surface area contributed by atoms with Crippen molar-refractivity contribution in [1.29, 1.82) is 0 Å². The minimum Gasteiger partial charge on any atom is -0.511 e. The predicted molar refractivity (Wildman–Crippen MR) is 103 cm³/mol. The highest BCUT2D eigenvalue weighted by atomic mass is 35.5. The monoisotopic (exact) mass is 389 g/mol. The van der Waals surface area contributed by atoms with Crippen molar-refractivity contribution in [2.45, 2.75) is 39.0 Å². The summed E-state index contributed by atoms with van der Waals surface area (Å²) in [7, 11) is 0. The third-order valence-corrected chi connectivity index (χ3v) is 6.63. The number of rotatable bonds is 2. The van der Waals surface area contributed by atoms with Crippen LogP contribution in [0.4, 0.5) is 0 Å². The van der Waals surface area contributed by atoms with Gasteiger partial charge < -0.3 is 9.84 Å². The molecule has 0 radical (unpaired) electrons. The normalized spacial score (nSPS) is 19.7. The third-order valence-electron chi connectivity index (χ3n) is 5.36. The molecule has 2 aromatic rings. The molecule has 4 nitrogen and oxygen atoms in total. The molecule has 2 heterocycles. The molecule has 0 bridgehead atoms. The Morgan fingerprint density at radius 1 is 1.19 bits per heavy atom. The van der Waals surface area contributed by atoms with E-state index in [1.807, 2.05) is 31.2 Å². The van der Waals surface area contributed by atoms with E-state index in [-0.39, 0.29) is 17.9 Å². The molecule has 1 aliphatic carbocycles. The Morgan fingerprint density at radius 2 is 1.88 bits per heavy atom. The lowest BCUT2D eigenvalue weighted by Crippen LogP contribution is -2.38. The zero-order valence-corrected chi connectivity index (χ0v) is 16.1. The zero-order valence-electron chi connectivity index (χ0n) is 14.5. The van der Waals surface area contributed by atoms with Crippen molar-refractivity contribution in [3.05, 3.63) is 45.6 Å². The number of halogens is 1. The molecule has 0 atom stereocenters. The summed E-state index contributed by atoms with van der Waals surface area (Å²) in [5.74, 6) is -0.306. The number of aryl methyl sites for hydroxylation is 1. The summed E-state index contributed by atoms with van der Waals surface area (Å²) in [5, 5.41) is 12.5. The number of hydrogen-bond acceptors (Lipinski definition) is 5. The summed E-state index contributed by atoms with van der Waals surface area (Å²) in [5.41, 5.74) is 1.28. The molecule has 1 aliphatic heterocycles. The maximum Gasteiger partial charge on any atom is 0.343 e. The van der Waals surface area contributed by atoms with Crippen molar-refractivity contribution < 1.29 is 14.6 Å². The molecule has 1 aromatic carbocycles. The molecule has 26 heavy (non-hydrogen) atoms. The highest BCUT2D eigenvalue weighted by molar-refractivity contribution is 7.15. The van der Waals surface area contributed by atoms with E-state index in [4.69, 9.17) is 16.3 Å².